The molecule has 3 rings (SSSR count). The van der Waals surface area contributed by atoms with Gasteiger partial charge in [-0.3, -0.25) is 5.84 Å². The summed E-state index contributed by atoms with van der Waals surface area (Å²) in [7, 11) is 0. The quantitative estimate of drug-likeness (QED) is 0.654. The Labute approximate surface area is 124 Å². The van der Waals surface area contributed by atoms with Gasteiger partial charge in [0.05, 0.1) is 6.04 Å². The lowest BCUT2D eigenvalue weighted by molar-refractivity contribution is 0.414. The summed E-state index contributed by atoms with van der Waals surface area (Å²) >= 11 is 5.97. The molecule has 1 aliphatic rings. The molecule has 0 spiro atoms. The second-order valence-electron chi connectivity index (χ2n) is 5.41. The van der Waals surface area contributed by atoms with E-state index < -0.39 is 0 Å². The summed E-state index contributed by atoms with van der Waals surface area (Å²) in [6.45, 7) is 0. The van der Waals surface area contributed by atoms with Gasteiger partial charge in [-0.25, -0.2) is 5.43 Å². The van der Waals surface area contributed by atoms with Crippen molar-refractivity contribution in [3.8, 4) is 0 Å². The summed E-state index contributed by atoms with van der Waals surface area (Å²) in [6, 6.07) is 16.5. The van der Waals surface area contributed by atoms with Crippen LogP contribution in [0.5, 0.6) is 0 Å². The fourth-order valence-electron chi connectivity index (χ4n) is 2.89. The fourth-order valence-corrected chi connectivity index (χ4v) is 3.01. The third kappa shape index (κ3) is 2.59. The molecule has 0 aliphatic heterocycles. The molecule has 0 saturated heterocycles. The largest absolute Gasteiger partial charge is 0.271 e. The van der Waals surface area contributed by atoms with Crippen LogP contribution in [-0.4, -0.2) is 0 Å². The summed E-state index contributed by atoms with van der Waals surface area (Å²) in [4.78, 5) is 0. The maximum Gasteiger partial charge on any atom is 0.0712 e. The predicted molar refractivity (Wildman–Crippen MR) is 83.7 cm³/mol. The van der Waals surface area contributed by atoms with Gasteiger partial charge in [-0.05, 0) is 47.6 Å². The Balaban J connectivity index is 1.98. The molecule has 2 aromatic rings. The zero-order valence-corrected chi connectivity index (χ0v) is 12.1. The first-order valence-electron chi connectivity index (χ1n) is 7.10. The molecule has 0 amide bonds. The van der Waals surface area contributed by atoms with Gasteiger partial charge < -0.3 is 0 Å². The molecule has 2 nitrogen and oxygen atoms in total. The van der Waals surface area contributed by atoms with E-state index in [1.807, 2.05) is 24.3 Å². The van der Waals surface area contributed by atoms with Crippen molar-refractivity contribution in [3.05, 3.63) is 70.2 Å². The molecule has 1 unspecified atom stereocenters. The van der Waals surface area contributed by atoms with Crippen LogP contribution in [0.4, 0.5) is 0 Å². The molecule has 104 valence electrons. The summed E-state index contributed by atoms with van der Waals surface area (Å²) in [5.41, 5.74) is 6.80. The fraction of sp³-hybridized carbons (Fsp3) is 0.294. The minimum Gasteiger partial charge on any atom is -0.271 e. The SMILES string of the molecule is NNC(c1ccc(Cl)cc1)c1ccccc1C1CCC1. The molecule has 3 N–H and O–H groups in total. The van der Waals surface area contributed by atoms with Gasteiger partial charge in [0, 0.05) is 5.02 Å². The van der Waals surface area contributed by atoms with Crippen LogP contribution in [0.25, 0.3) is 0 Å². The minimum atomic E-state index is 0.0177. The minimum absolute atomic E-state index is 0.0177. The normalized spacial score (nSPS) is 16.7. The molecular weight excluding hydrogens is 268 g/mol. The number of hydrogen-bond acceptors (Lipinski definition) is 2. The van der Waals surface area contributed by atoms with Crippen LogP contribution in [0, 0.1) is 0 Å². The smallest absolute Gasteiger partial charge is 0.0712 e. The van der Waals surface area contributed by atoms with Gasteiger partial charge in [0.1, 0.15) is 0 Å². The van der Waals surface area contributed by atoms with Crippen LogP contribution in [0.1, 0.15) is 47.9 Å². The number of halogens is 1. The Morgan fingerprint density at radius 3 is 2.35 bits per heavy atom. The molecule has 2 aromatic carbocycles. The summed E-state index contributed by atoms with van der Waals surface area (Å²) in [5.74, 6) is 6.51. The Morgan fingerprint density at radius 1 is 1.05 bits per heavy atom. The van der Waals surface area contributed by atoms with Gasteiger partial charge in [-0.15, -0.1) is 0 Å². The Kier molecular flexibility index (Phi) is 4.06. The lowest BCUT2D eigenvalue weighted by Crippen LogP contribution is -2.30. The Morgan fingerprint density at radius 2 is 1.75 bits per heavy atom. The van der Waals surface area contributed by atoms with Crippen LogP contribution >= 0.6 is 11.6 Å². The van der Waals surface area contributed by atoms with Gasteiger partial charge in [-0.2, -0.15) is 0 Å². The lowest BCUT2D eigenvalue weighted by Gasteiger charge is -2.30. The number of benzene rings is 2. The molecule has 0 aromatic heterocycles. The van der Waals surface area contributed by atoms with E-state index in [0.717, 1.165) is 10.6 Å². The first kappa shape index (κ1) is 13.6. The third-order valence-electron chi connectivity index (χ3n) is 4.22. The van der Waals surface area contributed by atoms with E-state index in [1.165, 1.54) is 30.4 Å². The van der Waals surface area contributed by atoms with E-state index in [1.54, 1.807) is 0 Å². The molecule has 1 atom stereocenters. The third-order valence-corrected chi connectivity index (χ3v) is 4.47. The molecule has 1 saturated carbocycles. The van der Waals surface area contributed by atoms with E-state index in [4.69, 9.17) is 17.4 Å². The topological polar surface area (TPSA) is 38.0 Å². The Hall–Kier alpha value is -1.35. The van der Waals surface area contributed by atoms with Crippen molar-refractivity contribution >= 4 is 11.6 Å². The van der Waals surface area contributed by atoms with E-state index in [-0.39, 0.29) is 6.04 Å². The number of rotatable bonds is 4. The van der Waals surface area contributed by atoms with Crippen LogP contribution in [0.15, 0.2) is 48.5 Å². The monoisotopic (exact) mass is 286 g/mol. The van der Waals surface area contributed by atoms with Crippen molar-refractivity contribution in [2.45, 2.75) is 31.2 Å². The summed E-state index contributed by atoms with van der Waals surface area (Å²) in [5, 5.41) is 0.747. The summed E-state index contributed by atoms with van der Waals surface area (Å²) < 4.78 is 0. The number of nitrogens with two attached hydrogens (primary N) is 1. The molecule has 3 heteroatoms. The zero-order valence-electron chi connectivity index (χ0n) is 11.4. The maximum atomic E-state index is 5.97. The molecule has 0 bridgehead atoms. The predicted octanol–water partition coefficient (Wildman–Crippen LogP) is 4.16. The van der Waals surface area contributed by atoms with Crippen molar-refractivity contribution < 1.29 is 0 Å². The second-order valence-corrected chi connectivity index (χ2v) is 5.84. The molecule has 1 fully saturated rings. The van der Waals surface area contributed by atoms with Crippen molar-refractivity contribution in [1.29, 1.82) is 0 Å². The van der Waals surface area contributed by atoms with Crippen LogP contribution in [-0.2, 0) is 0 Å². The first-order chi connectivity index (χ1) is 9.79. The highest BCUT2D eigenvalue weighted by molar-refractivity contribution is 6.30. The maximum absolute atomic E-state index is 5.97. The van der Waals surface area contributed by atoms with E-state index in [2.05, 4.69) is 29.7 Å². The number of hydrogen-bond donors (Lipinski definition) is 2. The average Bonchev–Trinajstić information content (AvgIpc) is 2.41. The molecule has 0 radical (unpaired) electrons. The van der Waals surface area contributed by atoms with Crippen LogP contribution in [0.3, 0.4) is 0 Å². The highest BCUT2D eigenvalue weighted by Crippen LogP contribution is 2.40. The molecule has 20 heavy (non-hydrogen) atoms. The molecular formula is C17H19ClN2. The van der Waals surface area contributed by atoms with Crippen LogP contribution < -0.4 is 11.3 Å². The number of nitrogens with one attached hydrogen (secondary N) is 1. The summed E-state index contributed by atoms with van der Waals surface area (Å²) in [6.07, 6.45) is 3.91. The van der Waals surface area contributed by atoms with Crippen molar-refractivity contribution in [3.63, 3.8) is 0 Å². The highest BCUT2D eigenvalue weighted by atomic mass is 35.5. The first-order valence-corrected chi connectivity index (χ1v) is 7.48. The van der Waals surface area contributed by atoms with Gasteiger partial charge in [0.15, 0.2) is 0 Å². The van der Waals surface area contributed by atoms with E-state index in [0.29, 0.717) is 5.92 Å². The van der Waals surface area contributed by atoms with E-state index in [9.17, 15) is 0 Å². The van der Waals surface area contributed by atoms with Crippen molar-refractivity contribution in [2.75, 3.05) is 0 Å². The van der Waals surface area contributed by atoms with Gasteiger partial charge in [0.25, 0.3) is 0 Å². The van der Waals surface area contributed by atoms with Gasteiger partial charge in [0.2, 0.25) is 0 Å². The average molecular weight is 287 g/mol. The number of hydrazine groups is 1. The Bertz CT molecular complexity index is 576. The van der Waals surface area contributed by atoms with Gasteiger partial charge in [-0.1, -0.05) is 54.4 Å². The van der Waals surface area contributed by atoms with Crippen LogP contribution in [0.2, 0.25) is 5.02 Å². The second kappa shape index (κ2) is 5.96. The van der Waals surface area contributed by atoms with Crippen molar-refractivity contribution in [2.24, 2.45) is 5.84 Å². The standard InChI is InChI=1S/C17H19ClN2/c18-14-10-8-13(9-11-14)17(20-19)16-7-2-1-6-15(16)12-4-3-5-12/h1-2,6-12,17,20H,3-5,19H2. The van der Waals surface area contributed by atoms with Gasteiger partial charge >= 0.3 is 0 Å². The molecule has 0 heterocycles. The van der Waals surface area contributed by atoms with Crippen molar-refractivity contribution in [1.82, 2.24) is 5.43 Å². The highest BCUT2D eigenvalue weighted by Gasteiger charge is 2.25. The van der Waals surface area contributed by atoms with E-state index >= 15 is 0 Å². The molecule has 1 aliphatic carbocycles. The zero-order chi connectivity index (χ0) is 13.9. The lowest BCUT2D eigenvalue weighted by atomic mass is 9.76.